The van der Waals surface area contributed by atoms with Crippen molar-refractivity contribution in [3.63, 3.8) is 0 Å². The predicted octanol–water partition coefficient (Wildman–Crippen LogP) is 5.91. The third kappa shape index (κ3) is 4.95. The van der Waals surface area contributed by atoms with Crippen LogP contribution in [0.1, 0.15) is 51.7 Å². The minimum Gasteiger partial charge on any atom is -0.494 e. The van der Waals surface area contributed by atoms with Crippen LogP contribution in [-0.2, 0) is 5.41 Å². The molecule has 0 aliphatic carbocycles. The van der Waals surface area contributed by atoms with Gasteiger partial charge in [0.1, 0.15) is 5.75 Å². The Hall–Kier alpha value is -2.09. The van der Waals surface area contributed by atoms with Crippen LogP contribution >= 0.6 is 0 Å². The predicted molar refractivity (Wildman–Crippen MR) is 99.2 cm³/mol. The Morgan fingerprint density at radius 1 is 0.957 bits per heavy atom. The minimum atomic E-state index is 0.219. The van der Waals surface area contributed by atoms with Crippen LogP contribution in [-0.4, -0.2) is 12.8 Å². The lowest BCUT2D eigenvalue weighted by Crippen LogP contribution is -2.14. The van der Waals surface area contributed by atoms with Crippen molar-refractivity contribution in [3.8, 4) is 5.75 Å². The molecule has 0 atom stereocenters. The normalized spacial score (nSPS) is 11.8. The summed E-state index contributed by atoms with van der Waals surface area (Å²) in [6.45, 7) is 9.63. The number of nitrogens with zero attached hydrogens (tertiary/aromatic N) is 1. The second-order valence-electron chi connectivity index (χ2n) is 6.46. The molecule has 0 heterocycles. The van der Waals surface area contributed by atoms with Gasteiger partial charge in [0.05, 0.1) is 12.3 Å². The van der Waals surface area contributed by atoms with E-state index in [1.807, 2.05) is 30.5 Å². The van der Waals surface area contributed by atoms with Gasteiger partial charge in [0, 0.05) is 6.21 Å². The highest BCUT2D eigenvalue weighted by atomic mass is 16.5. The molecule has 2 aromatic carbocycles. The number of ether oxygens (including phenoxy) is 1. The topological polar surface area (TPSA) is 21.6 Å². The van der Waals surface area contributed by atoms with E-state index in [0.29, 0.717) is 0 Å². The summed E-state index contributed by atoms with van der Waals surface area (Å²) in [5, 5.41) is 0. The molecule has 122 valence electrons. The molecule has 23 heavy (non-hydrogen) atoms. The van der Waals surface area contributed by atoms with E-state index < -0.39 is 0 Å². The smallest absolute Gasteiger partial charge is 0.119 e. The van der Waals surface area contributed by atoms with E-state index in [4.69, 9.17) is 4.74 Å². The summed E-state index contributed by atoms with van der Waals surface area (Å²) in [6.07, 6.45) is 4.04. The Kier molecular flexibility index (Phi) is 5.97. The highest BCUT2D eigenvalue weighted by molar-refractivity contribution is 5.82. The Balaban J connectivity index is 2.02. The summed E-state index contributed by atoms with van der Waals surface area (Å²) in [5.74, 6) is 0.912. The zero-order valence-corrected chi connectivity index (χ0v) is 14.7. The Labute approximate surface area is 140 Å². The molecule has 2 rings (SSSR count). The van der Waals surface area contributed by atoms with Crippen LogP contribution in [0.3, 0.4) is 0 Å². The molecule has 2 aromatic rings. The van der Waals surface area contributed by atoms with Crippen molar-refractivity contribution < 1.29 is 4.74 Å². The Morgan fingerprint density at radius 2 is 1.61 bits per heavy atom. The highest BCUT2D eigenvalue weighted by Gasteiger charge is 2.17. The number of benzene rings is 2. The lowest BCUT2D eigenvalue weighted by atomic mass is 9.82. The molecule has 2 nitrogen and oxygen atoms in total. The van der Waals surface area contributed by atoms with Crippen LogP contribution in [0.4, 0.5) is 5.69 Å². The lowest BCUT2D eigenvalue weighted by Gasteiger charge is -2.23. The average Bonchev–Trinajstić information content (AvgIpc) is 2.59. The zero-order valence-electron chi connectivity index (χ0n) is 14.7. The SMILES string of the molecule is CCCOc1ccc(C=Nc2ccc(C(C)(C)CC)cc2)cc1. The van der Waals surface area contributed by atoms with Gasteiger partial charge in [0.25, 0.3) is 0 Å². The van der Waals surface area contributed by atoms with E-state index in [-0.39, 0.29) is 5.41 Å². The molecule has 0 saturated heterocycles. The van der Waals surface area contributed by atoms with Crippen molar-refractivity contribution in [3.05, 3.63) is 59.7 Å². The van der Waals surface area contributed by atoms with E-state index in [1.165, 1.54) is 5.56 Å². The Morgan fingerprint density at radius 3 is 2.17 bits per heavy atom. The summed E-state index contributed by atoms with van der Waals surface area (Å²) in [4.78, 5) is 4.55. The van der Waals surface area contributed by atoms with Crippen LogP contribution in [0.15, 0.2) is 53.5 Å². The molecule has 0 bridgehead atoms. The molecular formula is C21H27NO. The van der Waals surface area contributed by atoms with Gasteiger partial charge in [-0.05, 0) is 65.8 Å². The first-order valence-electron chi connectivity index (χ1n) is 8.42. The standard InChI is InChI=1S/C21H27NO/c1-5-15-23-20-13-7-17(8-14-20)16-22-19-11-9-18(10-12-19)21(3,4)6-2/h7-14,16H,5-6,15H2,1-4H3. The van der Waals surface area contributed by atoms with Crippen LogP contribution in [0, 0.1) is 0 Å². The van der Waals surface area contributed by atoms with E-state index in [0.717, 1.165) is 36.4 Å². The van der Waals surface area contributed by atoms with Crippen LogP contribution in [0.5, 0.6) is 5.75 Å². The first-order valence-corrected chi connectivity index (χ1v) is 8.42. The third-order valence-electron chi connectivity index (χ3n) is 4.25. The van der Waals surface area contributed by atoms with Gasteiger partial charge >= 0.3 is 0 Å². The summed E-state index contributed by atoms with van der Waals surface area (Å²) in [7, 11) is 0. The van der Waals surface area contributed by atoms with Crippen molar-refractivity contribution in [2.24, 2.45) is 4.99 Å². The van der Waals surface area contributed by atoms with Gasteiger partial charge in [-0.2, -0.15) is 0 Å². The van der Waals surface area contributed by atoms with Crippen LogP contribution in [0.2, 0.25) is 0 Å². The first-order chi connectivity index (χ1) is 11.0. The first kappa shape index (κ1) is 17.3. The van der Waals surface area contributed by atoms with Gasteiger partial charge in [0.15, 0.2) is 0 Å². The quantitative estimate of drug-likeness (QED) is 0.582. The molecule has 0 radical (unpaired) electrons. The van der Waals surface area contributed by atoms with Crippen molar-refractivity contribution in [2.75, 3.05) is 6.61 Å². The molecule has 0 N–H and O–H groups in total. The third-order valence-corrected chi connectivity index (χ3v) is 4.25. The van der Waals surface area contributed by atoms with E-state index in [9.17, 15) is 0 Å². The van der Waals surface area contributed by atoms with Gasteiger partial charge in [-0.25, -0.2) is 0 Å². The van der Waals surface area contributed by atoms with Crippen LogP contribution < -0.4 is 4.74 Å². The maximum Gasteiger partial charge on any atom is 0.119 e. The van der Waals surface area contributed by atoms with Crippen molar-refractivity contribution in [2.45, 2.75) is 46.0 Å². The molecule has 2 heteroatoms. The van der Waals surface area contributed by atoms with Gasteiger partial charge in [-0.15, -0.1) is 0 Å². The molecule has 0 unspecified atom stereocenters. The number of hydrogen-bond donors (Lipinski definition) is 0. The fourth-order valence-electron chi connectivity index (χ4n) is 2.22. The molecule has 0 aliphatic rings. The molecule has 0 aromatic heterocycles. The summed E-state index contributed by atoms with van der Waals surface area (Å²) < 4.78 is 5.58. The minimum absolute atomic E-state index is 0.219. The fraction of sp³-hybridized carbons (Fsp3) is 0.381. The Bertz CT molecular complexity index is 624. The monoisotopic (exact) mass is 309 g/mol. The fourth-order valence-corrected chi connectivity index (χ4v) is 2.22. The van der Waals surface area contributed by atoms with Gasteiger partial charge in [-0.1, -0.05) is 39.8 Å². The molecule has 0 aliphatic heterocycles. The summed E-state index contributed by atoms with van der Waals surface area (Å²) >= 11 is 0. The van der Waals surface area contributed by atoms with E-state index in [1.54, 1.807) is 0 Å². The molecular weight excluding hydrogens is 282 g/mol. The zero-order chi connectivity index (χ0) is 16.7. The highest BCUT2D eigenvalue weighted by Crippen LogP contribution is 2.28. The van der Waals surface area contributed by atoms with Crippen molar-refractivity contribution in [1.29, 1.82) is 0 Å². The number of aliphatic imine (C=N–C) groups is 1. The van der Waals surface area contributed by atoms with Gasteiger partial charge in [0.2, 0.25) is 0 Å². The van der Waals surface area contributed by atoms with E-state index in [2.05, 4.69) is 57.0 Å². The second kappa shape index (κ2) is 7.96. The van der Waals surface area contributed by atoms with Crippen molar-refractivity contribution >= 4 is 11.9 Å². The molecule has 0 spiro atoms. The van der Waals surface area contributed by atoms with Crippen molar-refractivity contribution in [1.82, 2.24) is 0 Å². The molecule has 0 amide bonds. The molecule has 0 fully saturated rings. The molecule has 0 saturated carbocycles. The number of hydrogen-bond acceptors (Lipinski definition) is 2. The average molecular weight is 309 g/mol. The largest absolute Gasteiger partial charge is 0.494 e. The maximum absolute atomic E-state index is 5.58. The van der Waals surface area contributed by atoms with Gasteiger partial charge < -0.3 is 4.74 Å². The summed E-state index contributed by atoms with van der Waals surface area (Å²) in [6, 6.07) is 16.6. The van der Waals surface area contributed by atoms with Crippen LogP contribution in [0.25, 0.3) is 0 Å². The van der Waals surface area contributed by atoms with E-state index >= 15 is 0 Å². The van der Waals surface area contributed by atoms with Gasteiger partial charge in [-0.3, -0.25) is 4.99 Å². The summed E-state index contributed by atoms with van der Waals surface area (Å²) in [5.41, 5.74) is 3.63. The number of rotatable bonds is 7. The maximum atomic E-state index is 5.58. The second-order valence-corrected chi connectivity index (χ2v) is 6.46. The lowest BCUT2D eigenvalue weighted by molar-refractivity contribution is 0.317.